The molecule has 2 amide bonds. The van der Waals surface area contributed by atoms with Gasteiger partial charge in [-0.15, -0.1) is 0 Å². The van der Waals surface area contributed by atoms with E-state index >= 15 is 0 Å². The zero-order valence-corrected chi connectivity index (χ0v) is 13.4. The lowest BCUT2D eigenvalue weighted by Gasteiger charge is -2.33. The molecule has 0 aromatic carbocycles. The number of carbonyl (C=O) groups excluding carboxylic acids is 1. The molecule has 2 bridgehead atoms. The van der Waals surface area contributed by atoms with E-state index in [1.165, 1.54) is 25.7 Å². The number of aliphatic carboxylic acids is 1. The third-order valence-electron chi connectivity index (χ3n) is 5.16. The fourth-order valence-electron chi connectivity index (χ4n) is 4.04. The van der Waals surface area contributed by atoms with Gasteiger partial charge in [-0.05, 0) is 50.9 Å². The van der Waals surface area contributed by atoms with Gasteiger partial charge in [0.1, 0.15) is 0 Å². The fraction of sp³-hybridized carbons (Fsp3) is 0.875. The van der Waals surface area contributed by atoms with Gasteiger partial charge in [-0.25, -0.2) is 4.79 Å². The van der Waals surface area contributed by atoms with Crippen LogP contribution in [0.1, 0.15) is 46.0 Å². The summed E-state index contributed by atoms with van der Waals surface area (Å²) in [5.41, 5.74) is 0. The lowest BCUT2D eigenvalue weighted by Crippen LogP contribution is -2.47. The minimum Gasteiger partial charge on any atom is -0.481 e. The smallest absolute Gasteiger partial charge is 0.319 e. The first-order valence-corrected chi connectivity index (χ1v) is 8.12. The first kappa shape index (κ1) is 16.1. The Kier molecular flexibility index (Phi) is 5.12. The maximum Gasteiger partial charge on any atom is 0.319 e. The minimum absolute atomic E-state index is 0.00584. The molecule has 0 saturated heterocycles. The SMILES string of the molecule is CC(C)N(CCC(=O)O)C(=O)N(C)CC1CC2CCC1C2. The van der Waals surface area contributed by atoms with Crippen LogP contribution in [0.15, 0.2) is 0 Å². The Morgan fingerprint density at radius 3 is 2.43 bits per heavy atom. The number of hydrogen-bond acceptors (Lipinski definition) is 2. The average molecular weight is 296 g/mol. The van der Waals surface area contributed by atoms with Crippen molar-refractivity contribution in [3.8, 4) is 0 Å². The van der Waals surface area contributed by atoms with Crippen LogP contribution in [0.3, 0.4) is 0 Å². The molecule has 120 valence electrons. The van der Waals surface area contributed by atoms with Crippen molar-refractivity contribution in [2.24, 2.45) is 17.8 Å². The number of carboxylic acids is 1. The highest BCUT2D eigenvalue weighted by Crippen LogP contribution is 2.48. The van der Waals surface area contributed by atoms with Crippen LogP contribution in [0.25, 0.3) is 0 Å². The second-order valence-corrected chi connectivity index (χ2v) is 7.03. The number of amides is 2. The minimum atomic E-state index is -0.857. The van der Waals surface area contributed by atoms with Crippen molar-refractivity contribution in [1.82, 2.24) is 9.80 Å². The Hall–Kier alpha value is -1.26. The Balaban J connectivity index is 1.88. The predicted molar refractivity (Wildman–Crippen MR) is 81.1 cm³/mol. The highest BCUT2D eigenvalue weighted by Gasteiger charge is 2.40. The third kappa shape index (κ3) is 3.89. The first-order chi connectivity index (χ1) is 9.88. The largest absolute Gasteiger partial charge is 0.481 e. The third-order valence-corrected chi connectivity index (χ3v) is 5.16. The van der Waals surface area contributed by atoms with Gasteiger partial charge in [0.25, 0.3) is 0 Å². The molecule has 1 N–H and O–H groups in total. The second kappa shape index (κ2) is 6.67. The van der Waals surface area contributed by atoms with Gasteiger partial charge in [0.15, 0.2) is 0 Å². The molecule has 0 aromatic heterocycles. The monoisotopic (exact) mass is 296 g/mol. The number of carbonyl (C=O) groups is 2. The summed E-state index contributed by atoms with van der Waals surface area (Å²) in [5.74, 6) is 1.48. The number of hydrogen-bond donors (Lipinski definition) is 1. The normalized spacial score (nSPS) is 27.1. The fourth-order valence-corrected chi connectivity index (χ4v) is 4.04. The molecule has 0 spiro atoms. The molecule has 3 atom stereocenters. The lowest BCUT2D eigenvalue weighted by molar-refractivity contribution is -0.137. The molecule has 21 heavy (non-hydrogen) atoms. The molecule has 2 fully saturated rings. The highest BCUT2D eigenvalue weighted by atomic mass is 16.4. The Labute approximate surface area is 127 Å². The summed E-state index contributed by atoms with van der Waals surface area (Å²) in [6, 6.07) is -0.00615. The first-order valence-electron chi connectivity index (χ1n) is 8.12. The van der Waals surface area contributed by atoms with Crippen LogP contribution in [-0.4, -0.2) is 53.1 Å². The van der Waals surface area contributed by atoms with Crippen molar-refractivity contribution in [3.05, 3.63) is 0 Å². The molecule has 2 rings (SSSR count). The molecule has 0 heterocycles. The molecule has 3 unspecified atom stereocenters. The van der Waals surface area contributed by atoms with Crippen LogP contribution < -0.4 is 0 Å². The van der Waals surface area contributed by atoms with Crippen LogP contribution in [0.5, 0.6) is 0 Å². The highest BCUT2D eigenvalue weighted by molar-refractivity contribution is 5.75. The summed E-state index contributed by atoms with van der Waals surface area (Å²) in [5, 5.41) is 8.81. The Bertz CT molecular complexity index is 397. The van der Waals surface area contributed by atoms with Gasteiger partial charge in [0.2, 0.25) is 0 Å². The Morgan fingerprint density at radius 2 is 1.95 bits per heavy atom. The van der Waals surface area contributed by atoms with E-state index < -0.39 is 5.97 Å². The number of carboxylic acid groups (broad SMARTS) is 1. The topological polar surface area (TPSA) is 60.9 Å². The van der Waals surface area contributed by atoms with Crippen LogP contribution in [-0.2, 0) is 4.79 Å². The maximum atomic E-state index is 12.6. The summed E-state index contributed by atoms with van der Waals surface area (Å²) in [4.78, 5) is 26.7. The van der Waals surface area contributed by atoms with Gasteiger partial charge in [-0.2, -0.15) is 0 Å². The van der Waals surface area contributed by atoms with Gasteiger partial charge in [0.05, 0.1) is 6.42 Å². The second-order valence-electron chi connectivity index (χ2n) is 7.03. The standard InChI is InChI=1S/C16H28N2O3/c1-11(2)18(7-6-15(19)20)16(21)17(3)10-14-9-12-4-5-13(14)8-12/h11-14H,4-10H2,1-3H3,(H,19,20). The maximum absolute atomic E-state index is 12.6. The van der Waals surface area contributed by atoms with Crippen LogP contribution in [0, 0.1) is 17.8 Å². The van der Waals surface area contributed by atoms with Crippen molar-refractivity contribution < 1.29 is 14.7 Å². The zero-order valence-electron chi connectivity index (χ0n) is 13.4. The molecule has 2 aliphatic carbocycles. The summed E-state index contributed by atoms with van der Waals surface area (Å²) in [7, 11) is 1.85. The number of urea groups is 1. The van der Waals surface area contributed by atoms with Gasteiger partial charge in [0, 0.05) is 26.2 Å². The molecule has 0 radical (unpaired) electrons. The molecular formula is C16H28N2O3. The summed E-state index contributed by atoms with van der Waals surface area (Å²) >= 11 is 0. The van der Waals surface area contributed by atoms with E-state index in [0.717, 1.165) is 18.4 Å². The van der Waals surface area contributed by atoms with E-state index in [-0.39, 0.29) is 25.0 Å². The lowest BCUT2D eigenvalue weighted by atomic mass is 9.88. The van der Waals surface area contributed by atoms with E-state index in [4.69, 9.17) is 5.11 Å². The predicted octanol–water partition coefficient (Wildman–Crippen LogP) is 2.66. The average Bonchev–Trinajstić information content (AvgIpc) is 3.00. The molecular weight excluding hydrogens is 268 g/mol. The number of fused-ring (bicyclic) bond motifs is 2. The molecule has 0 aromatic rings. The van der Waals surface area contributed by atoms with E-state index in [9.17, 15) is 9.59 Å². The molecule has 5 nitrogen and oxygen atoms in total. The number of nitrogens with zero attached hydrogens (tertiary/aromatic N) is 2. The van der Waals surface area contributed by atoms with E-state index in [0.29, 0.717) is 5.92 Å². The molecule has 2 saturated carbocycles. The summed E-state index contributed by atoms with van der Waals surface area (Å²) < 4.78 is 0. The van der Waals surface area contributed by atoms with Gasteiger partial charge in [-0.1, -0.05) is 6.42 Å². The van der Waals surface area contributed by atoms with Gasteiger partial charge >= 0.3 is 12.0 Å². The van der Waals surface area contributed by atoms with Crippen molar-refractivity contribution in [2.75, 3.05) is 20.1 Å². The molecule has 5 heteroatoms. The number of rotatable bonds is 6. The van der Waals surface area contributed by atoms with Gasteiger partial charge < -0.3 is 14.9 Å². The molecule has 0 aliphatic heterocycles. The van der Waals surface area contributed by atoms with Crippen molar-refractivity contribution in [2.45, 2.75) is 52.0 Å². The van der Waals surface area contributed by atoms with E-state index in [1.807, 2.05) is 20.9 Å². The van der Waals surface area contributed by atoms with E-state index in [1.54, 1.807) is 9.80 Å². The van der Waals surface area contributed by atoms with Crippen LogP contribution in [0.4, 0.5) is 4.79 Å². The zero-order chi connectivity index (χ0) is 15.6. The van der Waals surface area contributed by atoms with Gasteiger partial charge in [-0.3, -0.25) is 4.79 Å². The van der Waals surface area contributed by atoms with Crippen molar-refractivity contribution in [3.63, 3.8) is 0 Å². The van der Waals surface area contributed by atoms with Crippen LogP contribution in [0.2, 0.25) is 0 Å². The molecule has 2 aliphatic rings. The Morgan fingerprint density at radius 1 is 1.24 bits per heavy atom. The summed E-state index contributed by atoms with van der Waals surface area (Å²) in [6.45, 7) is 4.97. The summed E-state index contributed by atoms with van der Waals surface area (Å²) in [6.07, 6.45) is 5.31. The van der Waals surface area contributed by atoms with Crippen LogP contribution >= 0.6 is 0 Å². The van der Waals surface area contributed by atoms with E-state index in [2.05, 4.69) is 0 Å². The van der Waals surface area contributed by atoms with Crippen molar-refractivity contribution in [1.29, 1.82) is 0 Å². The van der Waals surface area contributed by atoms with Crippen molar-refractivity contribution >= 4 is 12.0 Å². The quantitative estimate of drug-likeness (QED) is 0.819.